The zero-order valence-corrected chi connectivity index (χ0v) is 28.0. The number of ether oxygens (including phenoxy) is 2. The van der Waals surface area contributed by atoms with Crippen molar-refractivity contribution >= 4 is 40.7 Å². The van der Waals surface area contributed by atoms with Crippen LogP contribution in [0, 0.1) is 6.92 Å². The summed E-state index contributed by atoms with van der Waals surface area (Å²) in [4.78, 5) is 27.6. The van der Waals surface area contributed by atoms with Gasteiger partial charge in [-0.2, -0.15) is 9.97 Å². The largest absolute Gasteiger partial charge is 0.458 e. The highest BCUT2D eigenvalue weighted by Crippen LogP contribution is 2.42. The van der Waals surface area contributed by atoms with Crippen LogP contribution < -0.4 is 10.2 Å². The fraction of sp³-hybridized carbons (Fsp3) is 0.278. The molecule has 6 aromatic rings. The number of carbonyl (C=O) groups is 1. The van der Waals surface area contributed by atoms with Crippen molar-refractivity contribution < 1.29 is 24.5 Å². The maximum atomic E-state index is 11.5. The van der Waals surface area contributed by atoms with E-state index in [1.54, 1.807) is 16.4 Å². The van der Waals surface area contributed by atoms with Crippen LogP contribution in [0.5, 0.6) is 0 Å². The lowest BCUT2D eigenvalue weighted by Gasteiger charge is -2.23. The van der Waals surface area contributed by atoms with E-state index in [1.165, 1.54) is 17.7 Å². The fourth-order valence-corrected chi connectivity index (χ4v) is 6.99. The van der Waals surface area contributed by atoms with E-state index in [1.807, 2.05) is 66.7 Å². The van der Waals surface area contributed by atoms with Crippen LogP contribution in [0.1, 0.15) is 45.0 Å². The first-order valence-corrected chi connectivity index (χ1v) is 17.1. The molecule has 0 aliphatic carbocycles. The van der Waals surface area contributed by atoms with E-state index >= 15 is 0 Å². The third-order valence-electron chi connectivity index (χ3n) is 8.74. The number of nitrogens with zero attached hydrogens (tertiary/aromatic N) is 7. The summed E-state index contributed by atoms with van der Waals surface area (Å²) in [6.07, 6.45) is -2.06. The lowest BCUT2D eigenvalue weighted by atomic mass is 9.91. The average molecular weight is 693 g/mol. The van der Waals surface area contributed by atoms with Gasteiger partial charge in [0.25, 0.3) is 6.47 Å². The Morgan fingerprint density at radius 2 is 1.68 bits per heavy atom. The molecule has 0 radical (unpaired) electrons. The van der Waals surface area contributed by atoms with Crippen molar-refractivity contribution in [2.24, 2.45) is 0 Å². The molecular formula is C36H36N8O5S. The van der Waals surface area contributed by atoms with Crippen LogP contribution >= 0.6 is 11.3 Å². The number of aliphatic hydroxyl groups excluding tert-OH is 2. The van der Waals surface area contributed by atoms with Crippen molar-refractivity contribution in [1.82, 2.24) is 29.7 Å². The van der Waals surface area contributed by atoms with Crippen molar-refractivity contribution in [3.63, 3.8) is 0 Å². The van der Waals surface area contributed by atoms with Crippen LogP contribution in [0.25, 0.3) is 11.2 Å². The number of rotatable bonds is 14. The summed E-state index contributed by atoms with van der Waals surface area (Å²) in [6.45, 7) is 2.68. The molecule has 14 heteroatoms. The number of hydrogen-bond donors (Lipinski definition) is 3. The molecule has 0 bridgehead atoms. The van der Waals surface area contributed by atoms with Gasteiger partial charge in [-0.3, -0.25) is 9.36 Å². The quantitative estimate of drug-likeness (QED) is 0.109. The molecule has 0 amide bonds. The molecule has 1 fully saturated rings. The first kappa shape index (κ1) is 33.2. The van der Waals surface area contributed by atoms with Gasteiger partial charge in [-0.15, -0.1) is 10.2 Å². The fourth-order valence-electron chi connectivity index (χ4n) is 6.22. The summed E-state index contributed by atoms with van der Waals surface area (Å²) in [5, 5.41) is 35.0. The zero-order valence-electron chi connectivity index (χ0n) is 27.2. The van der Waals surface area contributed by atoms with E-state index < -0.39 is 24.5 Å². The van der Waals surface area contributed by atoms with Gasteiger partial charge >= 0.3 is 0 Å². The summed E-state index contributed by atoms with van der Waals surface area (Å²) in [5.41, 5.74) is 4.15. The van der Waals surface area contributed by atoms with Crippen LogP contribution in [-0.2, 0) is 20.7 Å². The number of aliphatic hydroxyl groups is 2. The summed E-state index contributed by atoms with van der Waals surface area (Å²) >= 11 is 1.29. The van der Waals surface area contributed by atoms with Crippen molar-refractivity contribution in [2.75, 3.05) is 30.0 Å². The Morgan fingerprint density at radius 3 is 2.30 bits per heavy atom. The summed E-state index contributed by atoms with van der Waals surface area (Å²) in [5.74, 6) is 0.696. The van der Waals surface area contributed by atoms with E-state index in [0.717, 1.165) is 16.7 Å². The standard InChI is InChI=1S/C36H36N8O5S/c1-23-41-42-34(50-23)31-30(48-22-46)29(47)35(49-31)44-20-38-28-32(37-19-27(25-13-7-3-8-14-25)26-15-9-4-10-16-26)39-36(40-33(28)44)43(21-45)18-17-24-11-5-2-6-12-24/h2-16,20,22,27,29-31,35,45,47H,17-19,21H2,1H3,(H,37,39,40)/t29-,30+,31+,35-/m1/s1. The van der Waals surface area contributed by atoms with Crippen LogP contribution in [0.15, 0.2) is 97.3 Å². The molecule has 3 N–H and O–H groups in total. The van der Waals surface area contributed by atoms with Crippen molar-refractivity contribution in [3.05, 3.63) is 124 Å². The number of aromatic nitrogens is 6. The molecule has 1 aliphatic heterocycles. The van der Waals surface area contributed by atoms with Crippen molar-refractivity contribution in [2.45, 2.75) is 43.8 Å². The molecule has 3 aromatic heterocycles. The van der Waals surface area contributed by atoms with E-state index in [9.17, 15) is 15.0 Å². The van der Waals surface area contributed by atoms with Gasteiger partial charge in [0, 0.05) is 19.0 Å². The number of hydrogen-bond acceptors (Lipinski definition) is 13. The molecule has 1 aliphatic rings. The monoisotopic (exact) mass is 692 g/mol. The number of aryl methyl sites for hydroxylation is 1. The third-order valence-corrected chi connectivity index (χ3v) is 9.64. The Bertz CT molecular complexity index is 1970. The van der Waals surface area contributed by atoms with E-state index in [2.05, 4.69) is 44.8 Å². The first-order valence-electron chi connectivity index (χ1n) is 16.2. The molecule has 4 atom stereocenters. The summed E-state index contributed by atoms with van der Waals surface area (Å²) in [7, 11) is 0. The van der Waals surface area contributed by atoms with Gasteiger partial charge in [0.05, 0.1) is 6.33 Å². The highest BCUT2D eigenvalue weighted by atomic mass is 32.1. The van der Waals surface area contributed by atoms with Gasteiger partial charge < -0.3 is 29.9 Å². The second-order valence-corrected chi connectivity index (χ2v) is 13.1. The number of benzene rings is 3. The second kappa shape index (κ2) is 15.1. The minimum Gasteiger partial charge on any atom is -0.458 e. The van der Waals surface area contributed by atoms with Gasteiger partial charge in [0.2, 0.25) is 5.95 Å². The van der Waals surface area contributed by atoms with E-state index in [0.29, 0.717) is 46.5 Å². The maximum absolute atomic E-state index is 11.5. The Hall–Kier alpha value is -5.28. The molecule has 13 nitrogen and oxygen atoms in total. The van der Waals surface area contributed by atoms with Crippen LogP contribution in [-0.4, -0.2) is 78.4 Å². The highest BCUT2D eigenvalue weighted by Gasteiger charge is 2.49. The topological polar surface area (TPSA) is 161 Å². The molecular weight excluding hydrogens is 657 g/mol. The highest BCUT2D eigenvalue weighted by molar-refractivity contribution is 7.11. The van der Waals surface area contributed by atoms with E-state index in [-0.39, 0.29) is 25.1 Å². The Labute approximate surface area is 292 Å². The van der Waals surface area contributed by atoms with Gasteiger partial charge in [0.15, 0.2) is 35.4 Å². The lowest BCUT2D eigenvalue weighted by molar-refractivity contribution is -0.140. The molecule has 7 rings (SSSR count). The minimum absolute atomic E-state index is 0.0164. The van der Waals surface area contributed by atoms with Gasteiger partial charge in [0.1, 0.15) is 22.9 Å². The number of carbonyl (C=O) groups excluding carboxylic acids is 1. The SMILES string of the molecule is Cc1nnc([C@H]2O[C@@H](n3cnc4c(NCC(c5ccccc5)c5ccccc5)nc(N(CO)CCc5ccccc5)nc43)[C@H](O)[C@@H]2OC=O)s1. The van der Waals surface area contributed by atoms with Gasteiger partial charge in [-0.1, -0.05) is 102 Å². The number of anilines is 2. The number of imidazole rings is 1. The summed E-state index contributed by atoms with van der Waals surface area (Å²) < 4.78 is 13.3. The minimum atomic E-state index is -1.28. The average Bonchev–Trinajstić information content (AvgIpc) is 3.87. The molecule has 0 spiro atoms. The van der Waals surface area contributed by atoms with Crippen LogP contribution in [0.3, 0.4) is 0 Å². The molecule has 3 aromatic carbocycles. The second-order valence-electron chi connectivity index (χ2n) is 11.9. The molecule has 50 heavy (non-hydrogen) atoms. The predicted octanol–water partition coefficient (Wildman–Crippen LogP) is 4.40. The Kier molecular flexibility index (Phi) is 10.0. The molecule has 0 saturated carbocycles. The van der Waals surface area contributed by atoms with Crippen molar-refractivity contribution in [1.29, 1.82) is 0 Å². The smallest absolute Gasteiger partial charge is 0.293 e. The van der Waals surface area contributed by atoms with E-state index in [4.69, 9.17) is 19.4 Å². The first-order chi connectivity index (χ1) is 24.5. The Balaban J connectivity index is 1.27. The number of fused-ring (bicyclic) bond motifs is 1. The van der Waals surface area contributed by atoms with Gasteiger partial charge in [-0.05, 0) is 30.0 Å². The Morgan fingerprint density at radius 1 is 1.00 bits per heavy atom. The summed E-state index contributed by atoms with van der Waals surface area (Å²) in [6, 6.07) is 30.4. The van der Waals surface area contributed by atoms with Crippen LogP contribution in [0.2, 0.25) is 0 Å². The zero-order chi connectivity index (χ0) is 34.5. The third kappa shape index (κ3) is 6.91. The molecule has 0 unspecified atom stereocenters. The normalized spacial score (nSPS) is 18.8. The van der Waals surface area contributed by atoms with Gasteiger partial charge in [-0.25, -0.2) is 4.98 Å². The maximum Gasteiger partial charge on any atom is 0.293 e. The molecule has 4 heterocycles. The lowest BCUT2D eigenvalue weighted by Crippen LogP contribution is -2.32. The van der Waals surface area contributed by atoms with Crippen LogP contribution in [0.4, 0.5) is 11.8 Å². The number of nitrogens with one attached hydrogen (secondary N) is 1. The molecule has 1 saturated heterocycles. The predicted molar refractivity (Wildman–Crippen MR) is 188 cm³/mol. The molecule has 256 valence electrons. The van der Waals surface area contributed by atoms with Crippen molar-refractivity contribution in [3.8, 4) is 0 Å².